The van der Waals surface area contributed by atoms with Gasteiger partial charge in [-0.2, -0.15) is 4.39 Å². The zero-order valence-corrected chi connectivity index (χ0v) is 8.90. The summed E-state index contributed by atoms with van der Waals surface area (Å²) in [5.74, 6) is -0.914. The number of nitrogens with zero attached hydrogens (tertiary/aromatic N) is 2. The SMILES string of the molecule is NC(=O)C1CCCN(c2ccnc(F)c2)C1. The van der Waals surface area contributed by atoms with Crippen LogP contribution in [0.5, 0.6) is 0 Å². The van der Waals surface area contributed by atoms with Gasteiger partial charge in [-0.05, 0) is 18.9 Å². The van der Waals surface area contributed by atoms with Gasteiger partial charge in [-0.15, -0.1) is 0 Å². The van der Waals surface area contributed by atoms with Gasteiger partial charge in [0.2, 0.25) is 11.9 Å². The van der Waals surface area contributed by atoms with E-state index in [2.05, 4.69) is 4.98 Å². The predicted molar refractivity (Wildman–Crippen MR) is 58.3 cm³/mol. The summed E-state index contributed by atoms with van der Waals surface area (Å²) in [6, 6.07) is 3.12. The monoisotopic (exact) mass is 223 g/mol. The number of hydrogen-bond donors (Lipinski definition) is 1. The number of carbonyl (C=O) groups excluding carboxylic acids is 1. The van der Waals surface area contributed by atoms with Crippen LogP contribution in [-0.4, -0.2) is 24.0 Å². The Kier molecular flexibility index (Phi) is 3.03. The van der Waals surface area contributed by atoms with Crippen molar-refractivity contribution >= 4 is 11.6 Å². The highest BCUT2D eigenvalue weighted by Gasteiger charge is 2.24. The number of anilines is 1. The van der Waals surface area contributed by atoms with Crippen LogP contribution in [0, 0.1) is 11.9 Å². The molecule has 4 nitrogen and oxygen atoms in total. The van der Waals surface area contributed by atoms with Gasteiger partial charge in [0, 0.05) is 31.0 Å². The third kappa shape index (κ3) is 2.29. The topological polar surface area (TPSA) is 59.2 Å². The Balaban J connectivity index is 2.12. The summed E-state index contributed by atoms with van der Waals surface area (Å²) in [6.07, 6.45) is 3.15. The summed E-state index contributed by atoms with van der Waals surface area (Å²) >= 11 is 0. The number of primary amides is 1. The molecule has 1 aromatic heterocycles. The lowest BCUT2D eigenvalue weighted by molar-refractivity contribution is -0.122. The molecule has 2 heterocycles. The van der Waals surface area contributed by atoms with Crippen molar-refractivity contribution in [2.75, 3.05) is 18.0 Å². The van der Waals surface area contributed by atoms with Gasteiger partial charge < -0.3 is 10.6 Å². The van der Waals surface area contributed by atoms with Gasteiger partial charge in [0.1, 0.15) is 0 Å². The van der Waals surface area contributed by atoms with Crippen LogP contribution in [-0.2, 0) is 4.79 Å². The molecule has 0 aromatic carbocycles. The fourth-order valence-corrected chi connectivity index (χ4v) is 2.03. The zero-order chi connectivity index (χ0) is 11.5. The molecule has 0 saturated carbocycles. The van der Waals surface area contributed by atoms with E-state index in [1.807, 2.05) is 4.90 Å². The van der Waals surface area contributed by atoms with Crippen LogP contribution in [0.1, 0.15) is 12.8 Å². The quantitative estimate of drug-likeness (QED) is 0.758. The number of aromatic nitrogens is 1. The van der Waals surface area contributed by atoms with Crippen LogP contribution in [0.4, 0.5) is 10.1 Å². The summed E-state index contributed by atoms with van der Waals surface area (Å²) < 4.78 is 12.9. The molecule has 1 aliphatic rings. The lowest BCUT2D eigenvalue weighted by Gasteiger charge is -2.32. The second-order valence-electron chi connectivity index (χ2n) is 4.02. The first-order valence-electron chi connectivity index (χ1n) is 5.32. The molecule has 0 radical (unpaired) electrons. The van der Waals surface area contributed by atoms with E-state index in [0.29, 0.717) is 6.54 Å². The number of carbonyl (C=O) groups is 1. The Bertz CT molecular complexity index is 397. The molecule has 1 saturated heterocycles. The molecule has 0 aliphatic carbocycles. The highest BCUT2D eigenvalue weighted by molar-refractivity contribution is 5.77. The minimum absolute atomic E-state index is 0.134. The summed E-state index contributed by atoms with van der Waals surface area (Å²) in [7, 11) is 0. The largest absolute Gasteiger partial charge is 0.371 e. The Morgan fingerprint density at radius 1 is 1.62 bits per heavy atom. The van der Waals surface area contributed by atoms with Crippen molar-refractivity contribution in [3.63, 3.8) is 0 Å². The van der Waals surface area contributed by atoms with E-state index < -0.39 is 5.95 Å². The highest BCUT2D eigenvalue weighted by atomic mass is 19.1. The summed E-state index contributed by atoms with van der Waals surface area (Å²) in [4.78, 5) is 16.6. The molecule has 1 aliphatic heterocycles. The van der Waals surface area contributed by atoms with Crippen molar-refractivity contribution in [2.45, 2.75) is 12.8 Å². The molecule has 0 spiro atoms. The molecular weight excluding hydrogens is 209 g/mol. The van der Waals surface area contributed by atoms with Crippen molar-refractivity contribution in [1.29, 1.82) is 0 Å². The first kappa shape index (κ1) is 10.9. The highest BCUT2D eigenvalue weighted by Crippen LogP contribution is 2.22. The smallest absolute Gasteiger partial charge is 0.222 e. The van der Waals surface area contributed by atoms with Crippen LogP contribution in [0.2, 0.25) is 0 Å². The van der Waals surface area contributed by atoms with Crippen molar-refractivity contribution in [3.8, 4) is 0 Å². The third-order valence-corrected chi connectivity index (χ3v) is 2.90. The van der Waals surface area contributed by atoms with E-state index in [-0.39, 0.29) is 11.8 Å². The molecule has 5 heteroatoms. The van der Waals surface area contributed by atoms with Gasteiger partial charge in [0.05, 0.1) is 5.92 Å². The maximum Gasteiger partial charge on any atom is 0.222 e. The van der Waals surface area contributed by atoms with E-state index in [9.17, 15) is 9.18 Å². The molecule has 2 rings (SSSR count). The number of hydrogen-bond acceptors (Lipinski definition) is 3. The summed E-state index contributed by atoms with van der Waals surface area (Å²) in [5, 5.41) is 0. The Hall–Kier alpha value is -1.65. The van der Waals surface area contributed by atoms with E-state index in [1.54, 1.807) is 6.07 Å². The van der Waals surface area contributed by atoms with Crippen molar-refractivity contribution in [1.82, 2.24) is 4.98 Å². The van der Waals surface area contributed by atoms with Gasteiger partial charge in [-0.3, -0.25) is 4.79 Å². The third-order valence-electron chi connectivity index (χ3n) is 2.90. The molecule has 1 amide bonds. The minimum atomic E-state index is -0.501. The van der Waals surface area contributed by atoms with E-state index in [0.717, 1.165) is 25.1 Å². The van der Waals surface area contributed by atoms with Crippen LogP contribution in [0.3, 0.4) is 0 Å². The van der Waals surface area contributed by atoms with Crippen LogP contribution < -0.4 is 10.6 Å². The molecule has 0 bridgehead atoms. The standard InChI is InChI=1S/C11H14FN3O/c12-10-6-9(3-4-14-10)15-5-1-2-8(7-15)11(13)16/h3-4,6,8H,1-2,5,7H2,(H2,13,16). The van der Waals surface area contributed by atoms with Gasteiger partial charge >= 0.3 is 0 Å². The average molecular weight is 223 g/mol. The van der Waals surface area contributed by atoms with Crippen molar-refractivity contribution in [2.24, 2.45) is 11.7 Å². The number of nitrogens with two attached hydrogens (primary N) is 1. The maximum atomic E-state index is 12.9. The molecular formula is C11H14FN3O. The predicted octanol–water partition coefficient (Wildman–Crippen LogP) is 0.922. The average Bonchev–Trinajstić information content (AvgIpc) is 2.29. The Morgan fingerprint density at radius 2 is 2.44 bits per heavy atom. The van der Waals surface area contributed by atoms with E-state index in [4.69, 9.17) is 5.73 Å². The number of rotatable bonds is 2. The minimum Gasteiger partial charge on any atom is -0.371 e. The number of piperidine rings is 1. The molecule has 1 atom stereocenters. The fraction of sp³-hybridized carbons (Fsp3) is 0.455. The molecule has 16 heavy (non-hydrogen) atoms. The fourth-order valence-electron chi connectivity index (χ4n) is 2.03. The van der Waals surface area contributed by atoms with Crippen molar-refractivity contribution in [3.05, 3.63) is 24.3 Å². The van der Waals surface area contributed by atoms with Crippen LogP contribution >= 0.6 is 0 Å². The number of amides is 1. The number of halogens is 1. The molecule has 1 fully saturated rings. The van der Waals surface area contributed by atoms with Gasteiger partial charge in [0.15, 0.2) is 0 Å². The number of pyridine rings is 1. The second kappa shape index (κ2) is 4.47. The first-order chi connectivity index (χ1) is 7.66. The lowest BCUT2D eigenvalue weighted by atomic mass is 9.97. The normalized spacial score (nSPS) is 20.8. The van der Waals surface area contributed by atoms with E-state index >= 15 is 0 Å². The molecule has 86 valence electrons. The van der Waals surface area contributed by atoms with Crippen LogP contribution in [0.25, 0.3) is 0 Å². The summed E-state index contributed by atoms with van der Waals surface area (Å²) in [5.41, 5.74) is 6.05. The van der Waals surface area contributed by atoms with Gasteiger partial charge in [-0.1, -0.05) is 0 Å². The lowest BCUT2D eigenvalue weighted by Crippen LogP contribution is -2.41. The van der Waals surface area contributed by atoms with E-state index in [1.165, 1.54) is 12.3 Å². The van der Waals surface area contributed by atoms with Gasteiger partial charge in [0.25, 0.3) is 0 Å². The summed E-state index contributed by atoms with van der Waals surface area (Å²) in [6.45, 7) is 1.39. The van der Waals surface area contributed by atoms with Crippen LogP contribution in [0.15, 0.2) is 18.3 Å². The van der Waals surface area contributed by atoms with Gasteiger partial charge in [-0.25, -0.2) is 4.98 Å². The maximum absolute atomic E-state index is 12.9. The molecule has 1 aromatic rings. The molecule has 1 unspecified atom stereocenters. The zero-order valence-electron chi connectivity index (χ0n) is 8.90. The Morgan fingerprint density at radius 3 is 3.12 bits per heavy atom. The van der Waals surface area contributed by atoms with Crippen molar-refractivity contribution < 1.29 is 9.18 Å². The Labute approximate surface area is 93.3 Å². The molecule has 2 N–H and O–H groups in total. The second-order valence-corrected chi connectivity index (χ2v) is 4.02. The first-order valence-corrected chi connectivity index (χ1v) is 5.32.